The van der Waals surface area contributed by atoms with E-state index in [9.17, 15) is 5.11 Å². The van der Waals surface area contributed by atoms with Gasteiger partial charge in [-0.25, -0.2) is 0 Å². The molecule has 4 heteroatoms. The second-order valence-corrected chi connectivity index (χ2v) is 7.11. The molecule has 0 aliphatic rings. The molecule has 1 aromatic carbocycles. The third kappa shape index (κ3) is 7.16. The largest absolute Gasteiger partial charge is 0.491 e. The standard InChI is InChI=1S/C19H27NO2S/c1-16(2)8-10-20(12-17-9-11-23-15-17)13-18(21)14-22-19-6-4-3-5-7-19/h3-7,9,11,15-16,18,21H,8,10,12-14H2,1-2H3. The number of aliphatic hydroxyl groups is 1. The Morgan fingerprint density at radius 1 is 1.17 bits per heavy atom. The summed E-state index contributed by atoms with van der Waals surface area (Å²) >= 11 is 1.72. The molecule has 1 heterocycles. The van der Waals surface area contributed by atoms with Crippen LogP contribution in [0.15, 0.2) is 47.2 Å². The molecular weight excluding hydrogens is 306 g/mol. The SMILES string of the molecule is CC(C)CCN(Cc1ccsc1)CC(O)COc1ccccc1. The Hall–Kier alpha value is -1.36. The Bertz CT molecular complexity index is 528. The number of hydrogen-bond donors (Lipinski definition) is 1. The topological polar surface area (TPSA) is 32.7 Å². The van der Waals surface area contributed by atoms with Crippen LogP contribution in [-0.2, 0) is 6.54 Å². The molecule has 0 aliphatic carbocycles. The van der Waals surface area contributed by atoms with Crippen molar-refractivity contribution in [3.05, 3.63) is 52.7 Å². The summed E-state index contributed by atoms with van der Waals surface area (Å²) in [4.78, 5) is 2.32. The number of benzene rings is 1. The van der Waals surface area contributed by atoms with E-state index in [-0.39, 0.29) is 0 Å². The van der Waals surface area contributed by atoms with E-state index >= 15 is 0 Å². The molecule has 0 amide bonds. The van der Waals surface area contributed by atoms with Crippen LogP contribution in [0.4, 0.5) is 0 Å². The highest BCUT2D eigenvalue weighted by Crippen LogP contribution is 2.13. The van der Waals surface area contributed by atoms with Gasteiger partial charge in [0.15, 0.2) is 0 Å². The van der Waals surface area contributed by atoms with Crippen molar-refractivity contribution in [2.75, 3.05) is 19.7 Å². The summed E-state index contributed by atoms with van der Waals surface area (Å²) in [6.07, 6.45) is 0.650. The van der Waals surface area contributed by atoms with Gasteiger partial charge in [-0.1, -0.05) is 32.0 Å². The molecule has 1 unspecified atom stereocenters. The van der Waals surface area contributed by atoms with Crippen molar-refractivity contribution >= 4 is 11.3 Å². The molecule has 0 saturated carbocycles. The maximum Gasteiger partial charge on any atom is 0.119 e. The fraction of sp³-hybridized carbons (Fsp3) is 0.474. The smallest absolute Gasteiger partial charge is 0.119 e. The average molecular weight is 333 g/mol. The Labute approximate surface area is 143 Å². The summed E-state index contributed by atoms with van der Waals surface area (Å²) in [7, 11) is 0. The van der Waals surface area contributed by atoms with Crippen LogP contribution in [0.1, 0.15) is 25.8 Å². The van der Waals surface area contributed by atoms with Gasteiger partial charge in [-0.05, 0) is 53.4 Å². The quantitative estimate of drug-likeness (QED) is 0.712. The van der Waals surface area contributed by atoms with E-state index in [0.717, 1.165) is 25.3 Å². The number of nitrogens with zero attached hydrogens (tertiary/aromatic N) is 1. The first-order chi connectivity index (χ1) is 11.1. The summed E-state index contributed by atoms with van der Waals surface area (Å²) in [5.41, 5.74) is 1.31. The number of rotatable bonds is 10. The number of hydrogen-bond acceptors (Lipinski definition) is 4. The lowest BCUT2D eigenvalue weighted by Crippen LogP contribution is -2.36. The van der Waals surface area contributed by atoms with Crippen molar-refractivity contribution in [2.24, 2.45) is 5.92 Å². The average Bonchev–Trinajstić information content (AvgIpc) is 3.04. The van der Waals surface area contributed by atoms with E-state index in [0.29, 0.717) is 19.1 Å². The van der Waals surface area contributed by atoms with Gasteiger partial charge in [0.2, 0.25) is 0 Å². The van der Waals surface area contributed by atoms with E-state index in [1.807, 2.05) is 30.3 Å². The number of ether oxygens (including phenoxy) is 1. The predicted octanol–water partition coefficient (Wildman–Crippen LogP) is 4.04. The van der Waals surface area contributed by atoms with Crippen LogP contribution in [0.3, 0.4) is 0 Å². The molecule has 0 saturated heterocycles. The lowest BCUT2D eigenvalue weighted by Gasteiger charge is -2.25. The monoisotopic (exact) mass is 333 g/mol. The van der Waals surface area contributed by atoms with Crippen LogP contribution in [0.25, 0.3) is 0 Å². The Morgan fingerprint density at radius 3 is 2.61 bits per heavy atom. The van der Waals surface area contributed by atoms with Crippen molar-refractivity contribution in [1.82, 2.24) is 4.90 Å². The Balaban J connectivity index is 1.82. The molecule has 23 heavy (non-hydrogen) atoms. The molecule has 0 radical (unpaired) electrons. The van der Waals surface area contributed by atoms with Crippen molar-refractivity contribution < 1.29 is 9.84 Å². The molecule has 0 bridgehead atoms. The fourth-order valence-electron chi connectivity index (χ4n) is 2.38. The Morgan fingerprint density at radius 2 is 1.96 bits per heavy atom. The van der Waals surface area contributed by atoms with Crippen LogP contribution in [0, 0.1) is 5.92 Å². The molecule has 2 aromatic rings. The minimum absolute atomic E-state index is 0.325. The van der Waals surface area contributed by atoms with Crippen LogP contribution < -0.4 is 4.74 Å². The van der Waals surface area contributed by atoms with Crippen molar-refractivity contribution in [2.45, 2.75) is 32.9 Å². The first kappa shape index (κ1) is 18.0. The molecule has 0 aliphatic heterocycles. The number of thiophene rings is 1. The van der Waals surface area contributed by atoms with Gasteiger partial charge < -0.3 is 9.84 Å². The zero-order chi connectivity index (χ0) is 16.5. The summed E-state index contributed by atoms with van der Waals surface area (Å²) in [6.45, 7) is 7.31. The van der Waals surface area contributed by atoms with Crippen LogP contribution in [0.5, 0.6) is 5.75 Å². The predicted molar refractivity (Wildman–Crippen MR) is 97.0 cm³/mol. The van der Waals surface area contributed by atoms with Crippen molar-refractivity contribution in [3.8, 4) is 5.75 Å². The van der Waals surface area contributed by atoms with E-state index in [4.69, 9.17) is 4.74 Å². The lowest BCUT2D eigenvalue weighted by atomic mass is 10.1. The van der Waals surface area contributed by atoms with E-state index in [2.05, 4.69) is 35.6 Å². The number of aliphatic hydroxyl groups excluding tert-OH is 1. The minimum Gasteiger partial charge on any atom is -0.491 e. The van der Waals surface area contributed by atoms with Gasteiger partial charge >= 0.3 is 0 Å². The molecule has 126 valence electrons. The summed E-state index contributed by atoms with van der Waals surface area (Å²) in [6, 6.07) is 11.8. The van der Waals surface area contributed by atoms with Gasteiger partial charge in [0, 0.05) is 13.1 Å². The molecular formula is C19H27NO2S. The molecule has 1 aromatic heterocycles. The molecule has 0 spiro atoms. The van der Waals surface area contributed by atoms with Crippen molar-refractivity contribution in [3.63, 3.8) is 0 Å². The third-order valence-corrected chi connectivity index (χ3v) is 4.40. The van der Waals surface area contributed by atoms with Crippen LogP contribution in [-0.4, -0.2) is 35.8 Å². The molecule has 3 nitrogen and oxygen atoms in total. The van der Waals surface area contributed by atoms with Gasteiger partial charge in [0.1, 0.15) is 18.5 Å². The second-order valence-electron chi connectivity index (χ2n) is 6.33. The highest BCUT2D eigenvalue weighted by atomic mass is 32.1. The fourth-order valence-corrected chi connectivity index (χ4v) is 3.04. The zero-order valence-electron chi connectivity index (χ0n) is 14.0. The minimum atomic E-state index is -0.485. The molecule has 2 rings (SSSR count). The molecule has 1 N–H and O–H groups in total. The van der Waals surface area contributed by atoms with Gasteiger partial charge in [-0.2, -0.15) is 11.3 Å². The van der Waals surface area contributed by atoms with Gasteiger partial charge in [0.25, 0.3) is 0 Å². The second kappa shape index (κ2) is 9.71. The first-order valence-electron chi connectivity index (χ1n) is 8.23. The van der Waals surface area contributed by atoms with Crippen LogP contribution in [0.2, 0.25) is 0 Å². The highest BCUT2D eigenvalue weighted by Gasteiger charge is 2.14. The van der Waals surface area contributed by atoms with Gasteiger partial charge in [-0.15, -0.1) is 0 Å². The summed E-state index contributed by atoms with van der Waals surface area (Å²) in [5, 5.41) is 14.6. The normalized spacial score (nSPS) is 12.7. The maximum atomic E-state index is 10.3. The summed E-state index contributed by atoms with van der Waals surface area (Å²) < 4.78 is 5.65. The van der Waals surface area contributed by atoms with E-state index in [1.165, 1.54) is 5.56 Å². The van der Waals surface area contributed by atoms with Crippen LogP contribution >= 0.6 is 11.3 Å². The maximum absolute atomic E-state index is 10.3. The van der Waals surface area contributed by atoms with Gasteiger partial charge in [-0.3, -0.25) is 4.90 Å². The summed E-state index contributed by atoms with van der Waals surface area (Å²) in [5.74, 6) is 1.47. The highest BCUT2D eigenvalue weighted by molar-refractivity contribution is 7.07. The first-order valence-corrected chi connectivity index (χ1v) is 9.17. The third-order valence-electron chi connectivity index (χ3n) is 3.66. The molecule has 0 fully saturated rings. The van der Waals surface area contributed by atoms with Crippen molar-refractivity contribution in [1.29, 1.82) is 0 Å². The van der Waals surface area contributed by atoms with Gasteiger partial charge in [0.05, 0.1) is 0 Å². The Kier molecular flexibility index (Phi) is 7.59. The number of para-hydroxylation sites is 1. The zero-order valence-corrected chi connectivity index (χ0v) is 14.8. The van der Waals surface area contributed by atoms with E-state index < -0.39 is 6.10 Å². The van der Waals surface area contributed by atoms with E-state index in [1.54, 1.807) is 11.3 Å². The molecule has 1 atom stereocenters. The lowest BCUT2D eigenvalue weighted by molar-refractivity contribution is 0.0640.